The molecule has 0 spiro atoms. The molecule has 4 aliphatic heterocycles. The molecule has 0 N–H and O–H groups in total. The summed E-state index contributed by atoms with van der Waals surface area (Å²) in [6.07, 6.45) is 21.4. The number of likely N-dealkylation sites (tertiary alicyclic amines) is 4. The van der Waals surface area contributed by atoms with E-state index in [2.05, 4.69) is 102 Å². The SMILES string of the molecule is C.CC=[N-].CC=[N-].CCC.[F-].[F-].[F][Sb]([F])([F])([F])[F].[F][Sb]([F])([F])([F])[F].[Fe+4].c1ccc(CN2CCC[C@H]2[C@@H]2CCCN2Cc2ccccn2)nc1.c1ccc(CN2CCC[C@H]2[C@@H]2CCCN2Cc2ccccn2)nc1. The normalized spacial score (nSPS) is 20.4. The van der Waals surface area contributed by atoms with Crippen LogP contribution in [0.3, 0.4) is 0 Å². The molecule has 73 heavy (non-hydrogen) atoms. The van der Waals surface area contributed by atoms with Crippen molar-refractivity contribution >= 4 is 53.0 Å². The molecule has 8 heterocycles. The van der Waals surface area contributed by atoms with Crippen LogP contribution in [0.2, 0.25) is 0 Å². The molecule has 0 unspecified atom stereocenters. The summed E-state index contributed by atoms with van der Waals surface area (Å²) in [5, 5.41) is 14.9. The van der Waals surface area contributed by atoms with Gasteiger partial charge in [-0.15, -0.1) is 0 Å². The molecule has 4 aromatic heterocycles. The Morgan fingerprint density at radius 3 is 0.753 bits per heavy atom. The zero-order valence-corrected chi connectivity index (χ0v) is 47.2. The minimum absolute atomic E-state index is 0. The van der Waals surface area contributed by atoms with Crippen molar-refractivity contribution in [1.82, 2.24) is 39.5 Å². The Bertz CT molecular complexity index is 1700. The van der Waals surface area contributed by atoms with Gasteiger partial charge in [-0.05, 0) is 126 Å². The van der Waals surface area contributed by atoms with Gasteiger partial charge in [0.15, 0.2) is 0 Å². The van der Waals surface area contributed by atoms with Gasteiger partial charge in [0.1, 0.15) is 0 Å². The molecule has 4 fully saturated rings. The fourth-order valence-electron chi connectivity index (χ4n) is 8.73. The minimum Gasteiger partial charge on any atom is -0.293 e. The summed E-state index contributed by atoms with van der Waals surface area (Å²) in [6, 6.07) is 27.6. The van der Waals surface area contributed by atoms with Crippen LogP contribution in [0.1, 0.15) is 116 Å². The number of aromatic nitrogens is 4. The first kappa shape index (κ1) is 74.3. The standard InChI is InChI=1S/2C20H26N4.C3H8.2C2H4N.CH4.12FH.Fe.2Sb/c2*1-3-11-21-17(7-1)15-23-13-5-9-19(23)20-10-6-14-24(20)16-18-8-2-4-12-22-18;1-3-2;2*1-2-3;;;;;;;;;;;;;;;;/h2*1-4,7-8,11-12,19-20H,5-6,9-10,13-16H2;3H2,1-2H3;2*2H,1H3;1H4;12*1H;;;/q;;;2*-1;;;;;;;;;;;;;;+4;2*+5/p-12/t2*19-,20-;;;;;;;;;;;;;;;;;;;/m00.................../s1. The van der Waals surface area contributed by atoms with Gasteiger partial charge >= 0.3 is 85.8 Å². The van der Waals surface area contributed by atoms with Crippen LogP contribution >= 0.6 is 0 Å². The summed E-state index contributed by atoms with van der Waals surface area (Å²) in [7, 11) is 0. The van der Waals surface area contributed by atoms with Crippen LogP contribution in [0.15, 0.2) is 97.6 Å². The molecule has 0 aliphatic carbocycles. The smallest absolute Gasteiger partial charge is 0.293 e. The van der Waals surface area contributed by atoms with E-state index in [4.69, 9.17) is 10.8 Å². The van der Waals surface area contributed by atoms with E-state index in [0.29, 0.717) is 24.2 Å². The maximum absolute atomic E-state index is 9.91. The topological polar surface area (TPSA) is 109 Å². The monoisotopic (exact) mass is 1310 g/mol. The predicted octanol–water partition coefficient (Wildman–Crippen LogP) is 7.00. The van der Waals surface area contributed by atoms with Crippen molar-refractivity contribution in [3.8, 4) is 0 Å². The third kappa shape index (κ3) is 35.9. The second-order valence-electron chi connectivity index (χ2n) is 16.5. The molecule has 0 aromatic carbocycles. The zero-order chi connectivity index (χ0) is 51.4. The van der Waals surface area contributed by atoms with Crippen LogP contribution < -0.4 is 9.41 Å². The Kier molecular flexibility index (Phi) is 38.5. The molecule has 0 amide bonds. The molecule has 0 bridgehead atoms. The molecule has 4 saturated heterocycles. The quantitative estimate of drug-likeness (QED) is 0.0950. The van der Waals surface area contributed by atoms with E-state index in [1.54, 1.807) is 13.8 Å². The summed E-state index contributed by atoms with van der Waals surface area (Å²) >= 11 is -18.4. The summed E-state index contributed by atoms with van der Waals surface area (Å²) in [5.74, 6) is 0. The Labute approximate surface area is 444 Å². The van der Waals surface area contributed by atoms with Gasteiger partial charge in [-0.3, -0.25) is 39.5 Å². The molecule has 10 nitrogen and oxygen atoms in total. The van der Waals surface area contributed by atoms with Gasteiger partial charge in [0, 0.05) is 75.1 Å². The van der Waals surface area contributed by atoms with Gasteiger partial charge in [-0.1, -0.05) is 65.8 Å². The van der Waals surface area contributed by atoms with Crippen molar-refractivity contribution in [3.05, 3.63) is 131 Å². The fourth-order valence-corrected chi connectivity index (χ4v) is 8.73. The van der Waals surface area contributed by atoms with Gasteiger partial charge in [0.25, 0.3) is 0 Å². The van der Waals surface area contributed by atoms with Crippen molar-refractivity contribution in [2.45, 2.75) is 143 Å². The summed E-state index contributed by atoms with van der Waals surface area (Å²) < 4.78 is 99.1. The van der Waals surface area contributed by atoms with E-state index in [-0.39, 0.29) is 33.9 Å². The van der Waals surface area contributed by atoms with E-state index < -0.39 is 40.6 Å². The molecular weight excluding hydrogens is 1240 g/mol. The molecule has 8 rings (SSSR count). The Hall–Kier alpha value is -2.90. The first-order valence-electron chi connectivity index (χ1n) is 23.1. The molecule has 0 saturated carbocycles. The number of pyridine rings is 4. The van der Waals surface area contributed by atoms with Crippen LogP contribution in [0.4, 0.5) is 28.1 Å². The van der Waals surface area contributed by atoms with E-state index in [0.717, 1.165) is 38.6 Å². The van der Waals surface area contributed by atoms with Crippen molar-refractivity contribution in [1.29, 1.82) is 0 Å². The summed E-state index contributed by atoms with van der Waals surface area (Å²) in [5.41, 5.74) is 4.77. The van der Waals surface area contributed by atoms with Gasteiger partial charge in [0.2, 0.25) is 0 Å². The average molecular weight is 1320 g/mol. The zero-order valence-electron chi connectivity index (χ0n) is 41.0. The minimum atomic E-state index is -9.19. The molecule has 416 valence electrons. The average Bonchev–Trinajstić information content (AvgIpc) is 4.11. The first-order valence-corrected chi connectivity index (χ1v) is 32.8. The van der Waals surface area contributed by atoms with Gasteiger partial charge in [-0.25, -0.2) is 12.4 Å². The van der Waals surface area contributed by atoms with Crippen molar-refractivity contribution in [2.24, 2.45) is 0 Å². The van der Waals surface area contributed by atoms with E-state index >= 15 is 0 Å². The second kappa shape index (κ2) is 37.8. The summed E-state index contributed by atoms with van der Waals surface area (Å²) in [6.45, 7) is 16.1. The van der Waals surface area contributed by atoms with Crippen LogP contribution in [-0.2, 0) is 43.2 Å². The van der Waals surface area contributed by atoms with Gasteiger partial charge < -0.3 is 20.2 Å². The van der Waals surface area contributed by atoms with Crippen LogP contribution in [0.5, 0.6) is 0 Å². The summed E-state index contributed by atoms with van der Waals surface area (Å²) in [4.78, 5) is 28.7. The van der Waals surface area contributed by atoms with E-state index in [1.807, 2.05) is 49.1 Å². The van der Waals surface area contributed by atoms with Gasteiger partial charge in [-0.2, -0.15) is 0 Å². The van der Waals surface area contributed by atoms with Crippen molar-refractivity contribution in [3.63, 3.8) is 0 Å². The maximum Gasteiger partial charge on any atom is 4.00 e. The molecule has 0 radical (unpaired) electrons. The number of halogens is 12. The second-order valence-corrected chi connectivity index (χ2v) is 23.8. The molecule has 4 aliphatic rings. The predicted molar refractivity (Wildman–Crippen MR) is 266 cm³/mol. The Morgan fingerprint density at radius 2 is 0.616 bits per heavy atom. The molecule has 25 heteroatoms. The number of nitrogens with zero attached hydrogens (tertiary/aromatic N) is 10. The van der Waals surface area contributed by atoms with Crippen molar-refractivity contribution in [2.75, 3.05) is 26.2 Å². The first-order chi connectivity index (χ1) is 32.5. The number of hydrogen-bond donors (Lipinski definition) is 0. The van der Waals surface area contributed by atoms with E-state index in [9.17, 15) is 28.1 Å². The number of hydrogen-bond acceptors (Lipinski definition) is 8. The van der Waals surface area contributed by atoms with Crippen LogP contribution in [-0.4, -0.2) is 143 Å². The molecule has 4 atom stereocenters. The van der Waals surface area contributed by atoms with Crippen LogP contribution in [0.25, 0.3) is 10.8 Å². The van der Waals surface area contributed by atoms with Crippen molar-refractivity contribution < 1.29 is 54.6 Å². The van der Waals surface area contributed by atoms with Crippen LogP contribution in [0, 0.1) is 0 Å². The largest absolute Gasteiger partial charge is 4.00 e. The molecule has 4 aromatic rings. The van der Waals surface area contributed by atoms with Gasteiger partial charge in [0.05, 0.1) is 22.8 Å². The maximum atomic E-state index is 9.91. The molecular formula is C48H72F12FeN10Sb2. The fraction of sp³-hybridized carbons (Fsp3) is 0.542. The Morgan fingerprint density at radius 1 is 0.452 bits per heavy atom. The van der Waals surface area contributed by atoms with E-state index in [1.165, 1.54) is 107 Å². The number of rotatable bonds is 10. The third-order valence-electron chi connectivity index (χ3n) is 10.9. The third-order valence-corrected chi connectivity index (χ3v) is 10.9. The Balaban J connectivity index is -0.000000936.